The molecule has 0 bridgehead atoms. The fourth-order valence-corrected chi connectivity index (χ4v) is 2.27. The minimum absolute atomic E-state index is 0.655. The third kappa shape index (κ3) is 2.54. The minimum Gasteiger partial charge on any atom is -0.455 e. The van der Waals surface area contributed by atoms with Gasteiger partial charge in [-0.25, -0.2) is 0 Å². The van der Waals surface area contributed by atoms with Crippen molar-refractivity contribution in [1.29, 1.82) is 0 Å². The van der Waals surface area contributed by atoms with Gasteiger partial charge in [-0.3, -0.25) is 4.98 Å². The van der Waals surface area contributed by atoms with Gasteiger partial charge in [0.25, 0.3) is 0 Å². The van der Waals surface area contributed by atoms with Gasteiger partial charge in [0.05, 0.1) is 6.20 Å². The molecule has 0 aliphatic heterocycles. The molecule has 2 aromatic rings. The first kappa shape index (κ1) is 11.4. The molecular weight excluding hydrogens is 289 g/mol. The zero-order valence-electron chi connectivity index (χ0n) is 8.36. The van der Waals surface area contributed by atoms with Gasteiger partial charge >= 0.3 is 0 Å². The predicted octanol–water partition coefficient (Wildman–Crippen LogP) is 4.42. The van der Waals surface area contributed by atoms with Crippen LogP contribution in [-0.4, -0.2) is 4.98 Å². The molecule has 0 N–H and O–H groups in total. The van der Waals surface area contributed by atoms with Crippen molar-refractivity contribution in [1.82, 2.24) is 4.98 Å². The van der Waals surface area contributed by atoms with Gasteiger partial charge in [0.15, 0.2) is 0 Å². The molecule has 2 nitrogen and oxygen atoms in total. The van der Waals surface area contributed by atoms with Crippen LogP contribution in [0.3, 0.4) is 0 Å². The first-order valence-corrected chi connectivity index (χ1v) is 6.22. The van der Waals surface area contributed by atoms with Crippen LogP contribution in [0.4, 0.5) is 0 Å². The standard InChI is InChI=1S/C12H9BrClNO/c13-7-10-11(14)4-1-5-12(10)16-9-3-2-6-15-8-9/h1-6,8H,7H2. The molecule has 82 valence electrons. The molecule has 0 aliphatic carbocycles. The molecule has 0 spiro atoms. The number of benzene rings is 1. The molecule has 0 atom stereocenters. The van der Waals surface area contributed by atoms with Crippen molar-refractivity contribution in [3.63, 3.8) is 0 Å². The lowest BCUT2D eigenvalue weighted by atomic mass is 10.2. The highest BCUT2D eigenvalue weighted by Crippen LogP contribution is 2.31. The van der Waals surface area contributed by atoms with E-state index in [0.29, 0.717) is 16.1 Å². The maximum Gasteiger partial charge on any atom is 0.145 e. The minimum atomic E-state index is 0.655. The van der Waals surface area contributed by atoms with Crippen molar-refractivity contribution >= 4 is 27.5 Å². The maximum atomic E-state index is 6.07. The molecule has 2 rings (SSSR count). The third-order valence-electron chi connectivity index (χ3n) is 2.07. The predicted molar refractivity (Wildman–Crippen MR) is 68.4 cm³/mol. The van der Waals surface area contributed by atoms with E-state index in [1.54, 1.807) is 12.4 Å². The number of ether oxygens (including phenoxy) is 1. The highest BCUT2D eigenvalue weighted by atomic mass is 79.9. The van der Waals surface area contributed by atoms with Gasteiger partial charge in [0.1, 0.15) is 11.5 Å². The Balaban J connectivity index is 2.31. The summed E-state index contributed by atoms with van der Waals surface area (Å²) in [6.45, 7) is 0. The van der Waals surface area contributed by atoms with E-state index in [-0.39, 0.29) is 0 Å². The first-order valence-electron chi connectivity index (χ1n) is 4.72. The molecule has 4 heteroatoms. The molecule has 1 heterocycles. The second kappa shape index (κ2) is 5.32. The van der Waals surface area contributed by atoms with E-state index < -0.39 is 0 Å². The molecule has 0 aliphatic rings. The van der Waals surface area contributed by atoms with E-state index in [9.17, 15) is 0 Å². The molecule has 0 fully saturated rings. The zero-order chi connectivity index (χ0) is 11.4. The van der Waals surface area contributed by atoms with E-state index in [1.165, 1.54) is 0 Å². The van der Waals surface area contributed by atoms with Crippen molar-refractivity contribution in [2.45, 2.75) is 5.33 Å². The van der Waals surface area contributed by atoms with Gasteiger partial charge in [0, 0.05) is 22.1 Å². The van der Waals surface area contributed by atoms with E-state index in [0.717, 1.165) is 11.3 Å². The summed E-state index contributed by atoms with van der Waals surface area (Å²) >= 11 is 9.46. The van der Waals surface area contributed by atoms with Crippen molar-refractivity contribution in [2.75, 3.05) is 0 Å². The van der Waals surface area contributed by atoms with Crippen molar-refractivity contribution in [3.05, 3.63) is 53.3 Å². The van der Waals surface area contributed by atoms with Crippen LogP contribution in [-0.2, 0) is 5.33 Å². The molecule has 0 saturated heterocycles. The Morgan fingerprint density at radius 1 is 1.25 bits per heavy atom. The van der Waals surface area contributed by atoms with Crippen molar-refractivity contribution in [2.24, 2.45) is 0 Å². The highest BCUT2D eigenvalue weighted by molar-refractivity contribution is 9.08. The van der Waals surface area contributed by atoms with Gasteiger partial charge in [-0.2, -0.15) is 0 Å². The Kier molecular flexibility index (Phi) is 3.80. The Morgan fingerprint density at radius 2 is 2.12 bits per heavy atom. The second-order valence-electron chi connectivity index (χ2n) is 3.14. The highest BCUT2D eigenvalue weighted by Gasteiger charge is 2.07. The lowest BCUT2D eigenvalue weighted by Crippen LogP contribution is -1.90. The van der Waals surface area contributed by atoms with Gasteiger partial charge in [0.2, 0.25) is 0 Å². The molecule has 0 unspecified atom stereocenters. The maximum absolute atomic E-state index is 6.07. The lowest BCUT2D eigenvalue weighted by Gasteiger charge is -2.10. The number of hydrogen-bond donors (Lipinski definition) is 0. The summed E-state index contributed by atoms with van der Waals surface area (Å²) in [7, 11) is 0. The Labute approximate surface area is 107 Å². The van der Waals surface area contributed by atoms with Gasteiger partial charge < -0.3 is 4.74 Å². The molecule has 16 heavy (non-hydrogen) atoms. The zero-order valence-corrected chi connectivity index (χ0v) is 10.7. The average molecular weight is 299 g/mol. The van der Waals surface area contributed by atoms with Crippen LogP contribution in [0.5, 0.6) is 11.5 Å². The summed E-state index contributed by atoms with van der Waals surface area (Å²) < 4.78 is 5.70. The second-order valence-corrected chi connectivity index (χ2v) is 4.11. The largest absolute Gasteiger partial charge is 0.455 e. The number of hydrogen-bond acceptors (Lipinski definition) is 2. The summed E-state index contributed by atoms with van der Waals surface area (Å²) in [6.07, 6.45) is 3.37. The average Bonchev–Trinajstić information content (AvgIpc) is 2.31. The molecule has 0 radical (unpaired) electrons. The van der Waals surface area contributed by atoms with E-state index in [4.69, 9.17) is 16.3 Å². The molecular formula is C12H9BrClNO. The fraction of sp³-hybridized carbons (Fsp3) is 0.0833. The molecule has 0 amide bonds. The van der Waals surface area contributed by atoms with Crippen LogP contribution < -0.4 is 4.74 Å². The van der Waals surface area contributed by atoms with Gasteiger partial charge in [-0.1, -0.05) is 33.6 Å². The normalized spacial score (nSPS) is 10.1. The van der Waals surface area contributed by atoms with Crippen LogP contribution in [0, 0.1) is 0 Å². The topological polar surface area (TPSA) is 22.1 Å². The van der Waals surface area contributed by atoms with E-state index >= 15 is 0 Å². The summed E-state index contributed by atoms with van der Waals surface area (Å²) in [5.41, 5.74) is 0.938. The number of alkyl halides is 1. The number of pyridine rings is 1. The Bertz CT molecular complexity index is 476. The number of rotatable bonds is 3. The van der Waals surface area contributed by atoms with Crippen molar-refractivity contribution < 1.29 is 4.74 Å². The first-order chi connectivity index (χ1) is 7.81. The summed E-state index contributed by atoms with van der Waals surface area (Å²) in [5.74, 6) is 1.45. The van der Waals surface area contributed by atoms with Crippen LogP contribution in [0.15, 0.2) is 42.7 Å². The lowest BCUT2D eigenvalue weighted by molar-refractivity contribution is 0.476. The molecule has 0 saturated carbocycles. The van der Waals surface area contributed by atoms with Crippen LogP contribution in [0.25, 0.3) is 0 Å². The summed E-state index contributed by atoms with van der Waals surface area (Å²) in [5, 5.41) is 1.35. The summed E-state index contributed by atoms with van der Waals surface area (Å²) in [4.78, 5) is 3.99. The van der Waals surface area contributed by atoms with Crippen LogP contribution >= 0.6 is 27.5 Å². The quantitative estimate of drug-likeness (QED) is 0.782. The molecule has 1 aromatic carbocycles. The third-order valence-corrected chi connectivity index (χ3v) is 2.99. The number of aromatic nitrogens is 1. The van der Waals surface area contributed by atoms with E-state index in [1.807, 2.05) is 30.3 Å². The monoisotopic (exact) mass is 297 g/mol. The SMILES string of the molecule is Clc1cccc(Oc2cccnc2)c1CBr. The van der Waals surface area contributed by atoms with Crippen molar-refractivity contribution in [3.8, 4) is 11.5 Å². The van der Waals surface area contributed by atoms with Crippen LogP contribution in [0.2, 0.25) is 5.02 Å². The Hall–Kier alpha value is -1.06. The summed E-state index contributed by atoms with van der Waals surface area (Å²) in [6, 6.07) is 9.27. The number of nitrogens with zero attached hydrogens (tertiary/aromatic N) is 1. The molecule has 1 aromatic heterocycles. The van der Waals surface area contributed by atoms with Gasteiger partial charge in [-0.15, -0.1) is 0 Å². The number of halogens is 2. The Morgan fingerprint density at radius 3 is 2.81 bits per heavy atom. The van der Waals surface area contributed by atoms with Gasteiger partial charge in [-0.05, 0) is 24.3 Å². The van der Waals surface area contributed by atoms with Crippen LogP contribution in [0.1, 0.15) is 5.56 Å². The fourth-order valence-electron chi connectivity index (χ4n) is 1.30. The van der Waals surface area contributed by atoms with E-state index in [2.05, 4.69) is 20.9 Å². The smallest absolute Gasteiger partial charge is 0.145 e.